The van der Waals surface area contributed by atoms with Crippen molar-refractivity contribution in [1.29, 1.82) is 0 Å². The van der Waals surface area contributed by atoms with Gasteiger partial charge in [0.1, 0.15) is 18.3 Å². The Balaban J connectivity index is 1.30. The van der Waals surface area contributed by atoms with Gasteiger partial charge in [0.25, 0.3) is 5.91 Å². The van der Waals surface area contributed by atoms with E-state index in [9.17, 15) is 9.59 Å². The van der Waals surface area contributed by atoms with E-state index >= 15 is 4.39 Å². The number of halogens is 1. The number of carbonyl (C=O) groups excluding carboxylic acids is 2. The van der Waals surface area contributed by atoms with Gasteiger partial charge >= 0.3 is 0 Å². The molecule has 3 heterocycles. The van der Waals surface area contributed by atoms with Crippen molar-refractivity contribution >= 4 is 36.5 Å². The number of anilines is 1. The van der Waals surface area contributed by atoms with Crippen LogP contribution in [0, 0.1) is 5.82 Å². The molecule has 0 bridgehead atoms. The van der Waals surface area contributed by atoms with Crippen LogP contribution in [-0.4, -0.2) is 71.9 Å². The number of nitrogens with zero attached hydrogens (tertiary/aromatic N) is 4. The van der Waals surface area contributed by atoms with Crippen molar-refractivity contribution < 1.29 is 28.2 Å². The van der Waals surface area contributed by atoms with Crippen molar-refractivity contribution in [2.45, 2.75) is 32.4 Å². The molecule has 0 radical (unpaired) electrons. The van der Waals surface area contributed by atoms with Gasteiger partial charge in [0.2, 0.25) is 5.78 Å². The number of rotatable bonds is 11. The first kappa shape index (κ1) is 32.2. The molecular formula is C35H38FN5O5Si. The second kappa shape index (κ2) is 13.5. The minimum Gasteiger partial charge on any atom is -0.454 e. The number of aromatic nitrogens is 3. The predicted molar refractivity (Wildman–Crippen MR) is 181 cm³/mol. The Bertz CT molecular complexity index is 1910. The van der Waals surface area contributed by atoms with E-state index in [2.05, 4.69) is 24.7 Å². The summed E-state index contributed by atoms with van der Waals surface area (Å²) in [4.78, 5) is 29.1. The number of hydrogen-bond acceptors (Lipinski definition) is 7. The van der Waals surface area contributed by atoms with Gasteiger partial charge in [0, 0.05) is 44.8 Å². The maximum Gasteiger partial charge on any atom is 0.254 e. The van der Waals surface area contributed by atoms with Crippen LogP contribution >= 0.6 is 0 Å². The molecule has 10 nitrogen and oxygen atoms in total. The summed E-state index contributed by atoms with van der Waals surface area (Å²) in [6.07, 6.45) is 1.38. The number of ketones is 1. The second-order valence-corrected chi connectivity index (χ2v) is 18.3. The average molecular weight is 656 g/mol. The third-order valence-electron chi connectivity index (χ3n) is 8.08. The zero-order chi connectivity index (χ0) is 33.1. The number of para-hydroxylation sites is 1. The summed E-state index contributed by atoms with van der Waals surface area (Å²) in [5.41, 5.74) is 8.59. The summed E-state index contributed by atoms with van der Waals surface area (Å²) < 4.78 is 35.3. The van der Waals surface area contributed by atoms with Crippen LogP contribution in [0.2, 0.25) is 25.7 Å². The zero-order valence-electron chi connectivity index (χ0n) is 26.7. The molecule has 6 rings (SSSR count). The van der Waals surface area contributed by atoms with Gasteiger partial charge < -0.3 is 29.4 Å². The van der Waals surface area contributed by atoms with E-state index < -0.39 is 13.9 Å². The molecule has 0 aliphatic carbocycles. The Morgan fingerprint density at radius 2 is 1.77 bits per heavy atom. The molecule has 1 aliphatic heterocycles. The van der Waals surface area contributed by atoms with E-state index in [4.69, 9.17) is 19.9 Å². The van der Waals surface area contributed by atoms with Crippen LogP contribution in [0.4, 0.5) is 10.2 Å². The number of benzene rings is 3. The number of amides is 1. The number of morpholine rings is 1. The molecule has 0 spiro atoms. The summed E-state index contributed by atoms with van der Waals surface area (Å²) in [7, 11) is -1.34. The Morgan fingerprint density at radius 3 is 2.49 bits per heavy atom. The Kier molecular flexibility index (Phi) is 9.25. The van der Waals surface area contributed by atoms with Crippen LogP contribution in [0.3, 0.4) is 0 Å². The molecule has 1 aliphatic rings. The van der Waals surface area contributed by atoms with Crippen LogP contribution in [0.25, 0.3) is 16.6 Å². The van der Waals surface area contributed by atoms with Crippen LogP contribution < -0.4 is 10.5 Å². The van der Waals surface area contributed by atoms with E-state index in [0.717, 1.165) is 16.9 Å². The zero-order valence-corrected chi connectivity index (χ0v) is 27.7. The largest absolute Gasteiger partial charge is 0.454 e. The number of hydrogen-bond donors (Lipinski definition) is 1. The van der Waals surface area contributed by atoms with Gasteiger partial charge in [0.15, 0.2) is 11.6 Å². The van der Waals surface area contributed by atoms with Crippen molar-refractivity contribution in [3.05, 3.63) is 102 Å². The van der Waals surface area contributed by atoms with Crippen LogP contribution in [0.5, 0.6) is 11.5 Å². The standard InChI is InChI=1S/C35H38FN5O5Si/c1-47(2,3)18-17-45-23-40-30-11-9-24(35(43)39-13-15-44-16-14-39)19-25(30)20-31(40)33(42)28-22-38-41(34(28)37)26-10-12-32(29(36)21-26)46-27-7-5-4-6-8-27/h4-12,19-22H,13-18,23,37H2,1-3H3. The molecule has 47 heavy (non-hydrogen) atoms. The maximum atomic E-state index is 15.1. The molecule has 12 heteroatoms. The highest BCUT2D eigenvalue weighted by Gasteiger charge is 2.25. The van der Waals surface area contributed by atoms with Gasteiger partial charge in [-0.2, -0.15) is 5.10 Å². The van der Waals surface area contributed by atoms with E-state index in [1.807, 2.05) is 12.1 Å². The van der Waals surface area contributed by atoms with Crippen molar-refractivity contribution in [3.8, 4) is 17.2 Å². The lowest BCUT2D eigenvalue weighted by atomic mass is 10.1. The highest BCUT2D eigenvalue weighted by molar-refractivity contribution is 6.76. The third kappa shape index (κ3) is 7.14. The van der Waals surface area contributed by atoms with Gasteiger partial charge in [-0.25, -0.2) is 9.07 Å². The van der Waals surface area contributed by atoms with Gasteiger partial charge in [-0.15, -0.1) is 0 Å². The number of nitrogens with two attached hydrogens (primary N) is 1. The van der Waals surface area contributed by atoms with Gasteiger partial charge in [-0.1, -0.05) is 37.8 Å². The highest BCUT2D eigenvalue weighted by atomic mass is 28.3. The number of fused-ring (bicyclic) bond motifs is 1. The fourth-order valence-electron chi connectivity index (χ4n) is 5.41. The first-order chi connectivity index (χ1) is 22.6. The lowest BCUT2D eigenvalue weighted by Crippen LogP contribution is -2.40. The molecule has 1 amide bonds. The molecule has 2 N–H and O–H groups in total. The number of carbonyl (C=O) groups is 2. The molecule has 0 unspecified atom stereocenters. The number of ether oxygens (including phenoxy) is 3. The van der Waals surface area contributed by atoms with Crippen LogP contribution in [0.15, 0.2) is 79.0 Å². The molecule has 1 fully saturated rings. The lowest BCUT2D eigenvalue weighted by Gasteiger charge is -2.26. The van der Waals surface area contributed by atoms with E-state index in [1.165, 1.54) is 23.0 Å². The van der Waals surface area contributed by atoms with Crippen LogP contribution in [0.1, 0.15) is 26.4 Å². The molecule has 1 saturated heterocycles. The fraction of sp³-hybridized carbons (Fsp3) is 0.286. The van der Waals surface area contributed by atoms with Crippen molar-refractivity contribution in [3.63, 3.8) is 0 Å². The minimum absolute atomic E-state index is 0.0482. The first-order valence-corrected chi connectivity index (χ1v) is 19.3. The SMILES string of the molecule is C[Si](C)(C)CCOCn1c(C(=O)c2cnn(-c3ccc(Oc4ccccc4)c(F)c3)c2N)cc2cc(C(=O)N3CCOCC3)ccc21. The average Bonchev–Trinajstić information content (AvgIpc) is 3.63. The molecule has 2 aromatic heterocycles. The van der Waals surface area contributed by atoms with Crippen molar-refractivity contribution in [2.24, 2.45) is 0 Å². The second-order valence-electron chi connectivity index (χ2n) is 12.7. The van der Waals surface area contributed by atoms with Gasteiger partial charge in [-0.05, 0) is 54.6 Å². The maximum absolute atomic E-state index is 15.1. The normalized spacial score (nSPS) is 13.7. The highest BCUT2D eigenvalue weighted by Crippen LogP contribution is 2.30. The Hall–Kier alpha value is -4.78. The smallest absolute Gasteiger partial charge is 0.254 e. The molecule has 5 aromatic rings. The van der Waals surface area contributed by atoms with E-state index in [-0.39, 0.29) is 35.6 Å². The Labute approximate surface area is 273 Å². The third-order valence-corrected chi connectivity index (χ3v) is 9.78. The molecule has 0 saturated carbocycles. The first-order valence-electron chi connectivity index (χ1n) is 15.6. The minimum atomic E-state index is -1.34. The lowest BCUT2D eigenvalue weighted by molar-refractivity contribution is 0.0303. The van der Waals surface area contributed by atoms with Gasteiger partial charge in [0.05, 0.1) is 41.9 Å². The molecule has 0 atom stereocenters. The summed E-state index contributed by atoms with van der Waals surface area (Å²) in [6, 6.07) is 21.4. The quantitative estimate of drug-likeness (QED) is 0.100. The molecular weight excluding hydrogens is 617 g/mol. The summed E-state index contributed by atoms with van der Waals surface area (Å²) in [5.74, 6) is -0.447. The fourth-order valence-corrected chi connectivity index (χ4v) is 6.17. The van der Waals surface area contributed by atoms with E-state index in [1.54, 1.807) is 58.0 Å². The summed E-state index contributed by atoms with van der Waals surface area (Å²) in [6.45, 7) is 9.61. The number of nitrogen functional groups attached to an aromatic ring is 1. The van der Waals surface area contributed by atoms with Gasteiger partial charge in [-0.3, -0.25) is 9.59 Å². The summed E-state index contributed by atoms with van der Waals surface area (Å²) >= 11 is 0. The predicted octanol–water partition coefficient (Wildman–Crippen LogP) is 6.36. The van der Waals surface area contributed by atoms with Crippen molar-refractivity contribution in [1.82, 2.24) is 19.2 Å². The monoisotopic (exact) mass is 655 g/mol. The topological polar surface area (TPSA) is 114 Å². The van der Waals surface area contributed by atoms with Crippen molar-refractivity contribution in [2.75, 3.05) is 38.6 Å². The molecule has 244 valence electrons. The van der Waals surface area contributed by atoms with Crippen LogP contribution in [-0.2, 0) is 16.2 Å². The Morgan fingerprint density at radius 1 is 1.00 bits per heavy atom. The molecule has 3 aromatic carbocycles. The summed E-state index contributed by atoms with van der Waals surface area (Å²) in [5, 5.41) is 5.05. The van der Waals surface area contributed by atoms with E-state index in [0.29, 0.717) is 55.6 Å².